The van der Waals surface area contributed by atoms with Crippen LogP contribution >= 0.6 is 0 Å². The number of nitrogens with zero attached hydrogens (tertiary/aromatic N) is 1. The molecule has 1 heterocycles. The summed E-state index contributed by atoms with van der Waals surface area (Å²) in [6.07, 6.45) is 3.27. The van der Waals surface area contributed by atoms with E-state index >= 15 is 0 Å². The smallest absolute Gasteiger partial charge is 0.333 e. The highest BCUT2D eigenvalue weighted by molar-refractivity contribution is 5.88. The van der Waals surface area contributed by atoms with Crippen molar-refractivity contribution in [1.29, 1.82) is 0 Å². The summed E-state index contributed by atoms with van der Waals surface area (Å²) in [4.78, 5) is 13.6. The molecule has 1 aliphatic heterocycles. The van der Waals surface area contributed by atoms with Gasteiger partial charge in [-0.25, -0.2) is 4.79 Å². The van der Waals surface area contributed by atoms with Crippen molar-refractivity contribution in [2.45, 2.75) is 32.8 Å². The third-order valence-corrected chi connectivity index (χ3v) is 3.37. The lowest BCUT2D eigenvalue weighted by Crippen LogP contribution is -2.41. The second kappa shape index (κ2) is 6.77. The second-order valence-corrected chi connectivity index (χ2v) is 4.67. The number of likely N-dealkylation sites (tertiary alicyclic amines) is 1. The normalized spacial score (nSPS) is 26.9. The molecule has 4 nitrogen and oxygen atoms in total. The number of ether oxygens (including phenoxy) is 1. The highest BCUT2D eigenvalue weighted by atomic mass is 16.5. The van der Waals surface area contributed by atoms with E-state index in [2.05, 4.69) is 11.8 Å². The molecule has 1 fully saturated rings. The van der Waals surface area contributed by atoms with Crippen LogP contribution < -0.4 is 0 Å². The minimum Gasteiger partial charge on any atom is -0.466 e. The zero-order valence-electron chi connectivity index (χ0n) is 11.0. The van der Waals surface area contributed by atoms with E-state index in [4.69, 9.17) is 4.74 Å². The van der Waals surface area contributed by atoms with Crippen LogP contribution in [0.5, 0.6) is 0 Å². The maximum Gasteiger partial charge on any atom is 0.333 e. The lowest BCUT2D eigenvalue weighted by molar-refractivity contribution is -0.136. The molecule has 2 atom stereocenters. The summed E-state index contributed by atoms with van der Waals surface area (Å²) < 4.78 is 4.72. The van der Waals surface area contributed by atoms with Crippen LogP contribution in [-0.4, -0.2) is 48.8 Å². The average molecular weight is 241 g/mol. The number of methoxy groups -OCH3 is 1. The fraction of sp³-hybridized carbons (Fsp3) is 0.769. The standard InChI is InChI=1S/C13H23NO3/c1-4-11(13(16)17-3)5-7-14-8-6-12(15)10(2)9-14/h5,10,12,15H,4,6-9H2,1-3H3. The summed E-state index contributed by atoms with van der Waals surface area (Å²) in [6, 6.07) is 0. The number of carbonyl (C=O) groups is 1. The Bertz CT molecular complexity index is 288. The van der Waals surface area contributed by atoms with Crippen molar-refractivity contribution in [3.05, 3.63) is 11.6 Å². The van der Waals surface area contributed by atoms with Crippen LogP contribution in [0.25, 0.3) is 0 Å². The van der Waals surface area contributed by atoms with Gasteiger partial charge in [0.15, 0.2) is 0 Å². The van der Waals surface area contributed by atoms with Gasteiger partial charge in [-0.3, -0.25) is 4.90 Å². The Morgan fingerprint density at radius 2 is 2.29 bits per heavy atom. The van der Waals surface area contributed by atoms with Gasteiger partial charge in [0.1, 0.15) is 0 Å². The monoisotopic (exact) mass is 241 g/mol. The van der Waals surface area contributed by atoms with Crippen molar-refractivity contribution in [3.63, 3.8) is 0 Å². The van der Waals surface area contributed by atoms with E-state index in [1.54, 1.807) is 0 Å². The number of carbonyl (C=O) groups excluding carboxylic acids is 1. The van der Waals surface area contributed by atoms with Crippen molar-refractivity contribution in [2.24, 2.45) is 5.92 Å². The molecule has 1 rings (SSSR count). The lowest BCUT2D eigenvalue weighted by Gasteiger charge is -2.33. The SMILES string of the molecule is CCC(=CCN1CCC(O)C(C)C1)C(=O)OC. The fourth-order valence-electron chi connectivity index (χ4n) is 2.13. The van der Waals surface area contributed by atoms with Gasteiger partial charge in [-0.15, -0.1) is 0 Å². The Labute approximate surface area is 103 Å². The summed E-state index contributed by atoms with van der Waals surface area (Å²) in [6.45, 7) is 6.54. The van der Waals surface area contributed by atoms with Gasteiger partial charge in [-0.05, 0) is 18.8 Å². The highest BCUT2D eigenvalue weighted by Crippen LogP contribution is 2.16. The number of aliphatic hydroxyl groups is 1. The van der Waals surface area contributed by atoms with Crippen molar-refractivity contribution >= 4 is 5.97 Å². The van der Waals surface area contributed by atoms with Crippen molar-refractivity contribution in [1.82, 2.24) is 4.90 Å². The molecule has 2 unspecified atom stereocenters. The number of piperidine rings is 1. The maximum absolute atomic E-state index is 11.4. The zero-order valence-corrected chi connectivity index (χ0v) is 11.0. The van der Waals surface area contributed by atoms with Crippen LogP contribution in [0.15, 0.2) is 11.6 Å². The van der Waals surface area contributed by atoms with Gasteiger partial charge < -0.3 is 9.84 Å². The summed E-state index contributed by atoms with van der Waals surface area (Å²) >= 11 is 0. The molecule has 0 aromatic heterocycles. The van der Waals surface area contributed by atoms with E-state index < -0.39 is 0 Å². The number of rotatable bonds is 4. The highest BCUT2D eigenvalue weighted by Gasteiger charge is 2.23. The first-order valence-electron chi connectivity index (χ1n) is 6.26. The van der Waals surface area contributed by atoms with Crippen molar-refractivity contribution in [2.75, 3.05) is 26.7 Å². The third kappa shape index (κ3) is 4.13. The predicted molar refractivity (Wildman–Crippen MR) is 66.6 cm³/mol. The minimum atomic E-state index is -0.238. The molecular formula is C13H23NO3. The minimum absolute atomic E-state index is 0.179. The first kappa shape index (κ1) is 14.2. The molecule has 17 heavy (non-hydrogen) atoms. The molecule has 1 N–H and O–H groups in total. The van der Waals surface area contributed by atoms with E-state index in [0.29, 0.717) is 12.3 Å². The predicted octanol–water partition coefficient (Wildman–Crippen LogP) is 1.20. The number of esters is 1. The van der Waals surface area contributed by atoms with E-state index in [1.165, 1.54) is 7.11 Å². The summed E-state index contributed by atoms with van der Waals surface area (Å²) in [5, 5.41) is 9.63. The van der Waals surface area contributed by atoms with Crippen molar-refractivity contribution in [3.8, 4) is 0 Å². The molecule has 0 radical (unpaired) electrons. The van der Waals surface area contributed by atoms with Crippen LogP contribution in [-0.2, 0) is 9.53 Å². The van der Waals surface area contributed by atoms with E-state index in [-0.39, 0.29) is 12.1 Å². The van der Waals surface area contributed by atoms with Gasteiger partial charge in [-0.2, -0.15) is 0 Å². The van der Waals surface area contributed by atoms with Gasteiger partial charge >= 0.3 is 5.97 Å². The van der Waals surface area contributed by atoms with Gasteiger partial charge in [0.25, 0.3) is 0 Å². The number of hydrogen-bond donors (Lipinski definition) is 1. The summed E-state index contributed by atoms with van der Waals surface area (Å²) in [5.74, 6) is 0.0675. The quantitative estimate of drug-likeness (QED) is 0.593. The zero-order chi connectivity index (χ0) is 12.8. The fourth-order valence-corrected chi connectivity index (χ4v) is 2.13. The van der Waals surface area contributed by atoms with Gasteiger partial charge in [0.2, 0.25) is 0 Å². The van der Waals surface area contributed by atoms with Crippen LogP contribution in [0.4, 0.5) is 0 Å². The largest absolute Gasteiger partial charge is 0.466 e. The molecule has 0 bridgehead atoms. The van der Waals surface area contributed by atoms with E-state index in [1.807, 2.05) is 13.0 Å². The third-order valence-electron chi connectivity index (χ3n) is 3.37. The molecule has 1 saturated heterocycles. The average Bonchev–Trinajstić information content (AvgIpc) is 2.33. The van der Waals surface area contributed by atoms with Crippen LogP contribution in [0, 0.1) is 5.92 Å². The first-order chi connectivity index (χ1) is 8.08. The summed E-state index contributed by atoms with van der Waals surface area (Å²) in [5.41, 5.74) is 0.728. The first-order valence-corrected chi connectivity index (χ1v) is 6.26. The molecular weight excluding hydrogens is 218 g/mol. The topological polar surface area (TPSA) is 49.8 Å². The number of aliphatic hydroxyl groups excluding tert-OH is 1. The Kier molecular flexibility index (Phi) is 5.65. The lowest BCUT2D eigenvalue weighted by atomic mass is 9.97. The Morgan fingerprint density at radius 3 is 2.82 bits per heavy atom. The Morgan fingerprint density at radius 1 is 1.59 bits per heavy atom. The maximum atomic E-state index is 11.4. The van der Waals surface area contributed by atoms with Gasteiger partial charge in [-0.1, -0.05) is 19.9 Å². The molecule has 1 aliphatic rings. The Balaban J connectivity index is 2.48. The second-order valence-electron chi connectivity index (χ2n) is 4.67. The molecule has 0 aliphatic carbocycles. The van der Waals surface area contributed by atoms with Crippen LogP contribution in [0.1, 0.15) is 26.7 Å². The van der Waals surface area contributed by atoms with Crippen LogP contribution in [0.3, 0.4) is 0 Å². The Hall–Kier alpha value is -0.870. The van der Waals surface area contributed by atoms with Crippen LogP contribution in [0.2, 0.25) is 0 Å². The van der Waals surface area contributed by atoms with E-state index in [9.17, 15) is 9.90 Å². The van der Waals surface area contributed by atoms with Gasteiger partial charge in [0.05, 0.1) is 13.2 Å². The molecule has 0 aromatic rings. The molecule has 0 amide bonds. The van der Waals surface area contributed by atoms with Gasteiger partial charge in [0, 0.05) is 25.2 Å². The molecule has 98 valence electrons. The molecule has 4 heteroatoms. The molecule has 0 saturated carbocycles. The molecule has 0 aromatic carbocycles. The van der Waals surface area contributed by atoms with E-state index in [0.717, 1.165) is 31.6 Å². The number of hydrogen-bond acceptors (Lipinski definition) is 4. The van der Waals surface area contributed by atoms with Crippen molar-refractivity contribution < 1.29 is 14.6 Å². The molecule has 0 spiro atoms. The summed E-state index contributed by atoms with van der Waals surface area (Å²) in [7, 11) is 1.41.